The van der Waals surface area contributed by atoms with Gasteiger partial charge < -0.3 is 4.74 Å². The molecule has 0 spiro atoms. The highest BCUT2D eigenvalue weighted by molar-refractivity contribution is 7.13. The molecular formula is C14H11N3O2S2. The van der Waals surface area contributed by atoms with Crippen molar-refractivity contribution in [3.8, 4) is 5.75 Å². The van der Waals surface area contributed by atoms with E-state index in [1.165, 1.54) is 22.7 Å². The number of carbonyl (C=O) groups is 1. The molecule has 0 atom stereocenters. The van der Waals surface area contributed by atoms with E-state index in [1.54, 1.807) is 29.9 Å². The molecule has 3 aromatic rings. The number of rotatable bonds is 5. The smallest absolute Gasteiger partial charge is 0.257 e. The minimum Gasteiger partial charge on any atom is -0.487 e. The third kappa shape index (κ3) is 3.65. The molecule has 0 aliphatic heterocycles. The number of anilines is 1. The maximum atomic E-state index is 12.1. The number of ether oxygens (including phenoxy) is 1. The average molecular weight is 317 g/mol. The van der Waals surface area contributed by atoms with Crippen molar-refractivity contribution in [3.63, 3.8) is 0 Å². The molecular weight excluding hydrogens is 306 g/mol. The number of aromatic nitrogens is 2. The summed E-state index contributed by atoms with van der Waals surface area (Å²) >= 11 is 2.90. The Morgan fingerprint density at radius 3 is 3.05 bits per heavy atom. The first-order valence-corrected chi connectivity index (χ1v) is 7.94. The van der Waals surface area contributed by atoms with Crippen LogP contribution in [0.15, 0.2) is 46.7 Å². The Bertz CT molecular complexity index is 712. The van der Waals surface area contributed by atoms with Crippen LogP contribution in [0.2, 0.25) is 0 Å². The maximum absolute atomic E-state index is 12.1. The van der Waals surface area contributed by atoms with E-state index in [2.05, 4.69) is 15.3 Å². The van der Waals surface area contributed by atoms with Gasteiger partial charge in [0.15, 0.2) is 5.13 Å². The summed E-state index contributed by atoms with van der Waals surface area (Å²) in [6, 6.07) is 7.04. The molecule has 7 heteroatoms. The predicted octanol–water partition coefficient (Wildman–Crippen LogP) is 3.43. The van der Waals surface area contributed by atoms with Crippen molar-refractivity contribution in [1.82, 2.24) is 9.97 Å². The second-order valence-electron chi connectivity index (χ2n) is 4.09. The van der Waals surface area contributed by atoms with Gasteiger partial charge in [0.05, 0.1) is 11.2 Å². The van der Waals surface area contributed by atoms with E-state index in [4.69, 9.17) is 4.74 Å². The number of benzene rings is 1. The minimum atomic E-state index is -0.205. The SMILES string of the molecule is O=C(Nc1nccs1)c1cccc(OCc2cscn2)c1. The van der Waals surface area contributed by atoms with Crippen LogP contribution in [0.5, 0.6) is 5.75 Å². The van der Waals surface area contributed by atoms with Crippen LogP contribution in [0, 0.1) is 0 Å². The predicted molar refractivity (Wildman–Crippen MR) is 83.0 cm³/mol. The molecule has 3 rings (SSSR count). The average Bonchev–Trinajstić information content (AvgIpc) is 3.19. The van der Waals surface area contributed by atoms with Gasteiger partial charge in [-0.05, 0) is 18.2 Å². The van der Waals surface area contributed by atoms with Gasteiger partial charge in [-0.25, -0.2) is 9.97 Å². The fourth-order valence-corrected chi connectivity index (χ4v) is 2.71. The van der Waals surface area contributed by atoms with Crippen LogP contribution in [-0.4, -0.2) is 15.9 Å². The topological polar surface area (TPSA) is 64.1 Å². The Kier molecular flexibility index (Phi) is 4.23. The first kappa shape index (κ1) is 13.7. The Morgan fingerprint density at radius 2 is 2.29 bits per heavy atom. The van der Waals surface area contributed by atoms with Gasteiger partial charge in [0.1, 0.15) is 12.4 Å². The first-order chi connectivity index (χ1) is 10.3. The highest BCUT2D eigenvalue weighted by Crippen LogP contribution is 2.17. The van der Waals surface area contributed by atoms with Gasteiger partial charge in [-0.2, -0.15) is 0 Å². The molecule has 1 aromatic carbocycles. The normalized spacial score (nSPS) is 10.3. The van der Waals surface area contributed by atoms with E-state index >= 15 is 0 Å². The van der Waals surface area contributed by atoms with Crippen LogP contribution in [0.4, 0.5) is 5.13 Å². The number of amides is 1. The van der Waals surface area contributed by atoms with Crippen LogP contribution in [0.1, 0.15) is 16.1 Å². The van der Waals surface area contributed by atoms with Crippen LogP contribution < -0.4 is 10.1 Å². The van der Waals surface area contributed by atoms with Crippen molar-refractivity contribution >= 4 is 33.7 Å². The number of carbonyl (C=O) groups excluding carboxylic acids is 1. The molecule has 2 heterocycles. The number of thiazole rings is 2. The van der Waals surface area contributed by atoms with E-state index < -0.39 is 0 Å². The number of hydrogen-bond donors (Lipinski definition) is 1. The lowest BCUT2D eigenvalue weighted by molar-refractivity contribution is 0.102. The van der Waals surface area contributed by atoms with Crippen LogP contribution in [-0.2, 0) is 6.61 Å². The van der Waals surface area contributed by atoms with Gasteiger partial charge >= 0.3 is 0 Å². The first-order valence-electron chi connectivity index (χ1n) is 6.12. The van der Waals surface area contributed by atoms with Crippen molar-refractivity contribution in [2.75, 3.05) is 5.32 Å². The fourth-order valence-electron chi connectivity index (χ4n) is 1.65. The second-order valence-corrected chi connectivity index (χ2v) is 5.70. The summed E-state index contributed by atoms with van der Waals surface area (Å²) in [5, 5.41) is 7.05. The molecule has 0 unspecified atom stereocenters. The molecule has 0 aliphatic rings. The molecule has 0 aliphatic carbocycles. The van der Waals surface area contributed by atoms with Crippen molar-refractivity contribution in [3.05, 3.63) is 58.0 Å². The van der Waals surface area contributed by atoms with Crippen molar-refractivity contribution in [1.29, 1.82) is 0 Å². The fraction of sp³-hybridized carbons (Fsp3) is 0.0714. The molecule has 2 aromatic heterocycles. The van der Waals surface area contributed by atoms with E-state index in [0.29, 0.717) is 23.1 Å². The van der Waals surface area contributed by atoms with E-state index in [9.17, 15) is 4.79 Å². The monoisotopic (exact) mass is 317 g/mol. The summed E-state index contributed by atoms with van der Waals surface area (Å²) < 4.78 is 5.63. The van der Waals surface area contributed by atoms with Crippen LogP contribution in [0.25, 0.3) is 0 Å². The van der Waals surface area contributed by atoms with Gasteiger partial charge in [0, 0.05) is 22.5 Å². The summed E-state index contributed by atoms with van der Waals surface area (Å²) in [5.74, 6) is 0.429. The summed E-state index contributed by atoms with van der Waals surface area (Å²) in [6.07, 6.45) is 1.65. The molecule has 1 amide bonds. The Morgan fingerprint density at radius 1 is 1.33 bits per heavy atom. The Balaban J connectivity index is 1.66. The van der Waals surface area contributed by atoms with Crippen LogP contribution in [0.3, 0.4) is 0 Å². The summed E-state index contributed by atoms with van der Waals surface area (Å²) in [4.78, 5) is 20.3. The summed E-state index contributed by atoms with van der Waals surface area (Å²) in [6.45, 7) is 0.390. The number of hydrogen-bond acceptors (Lipinski definition) is 6. The quantitative estimate of drug-likeness (QED) is 0.783. The van der Waals surface area contributed by atoms with Gasteiger partial charge in [-0.3, -0.25) is 10.1 Å². The molecule has 5 nitrogen and oxygen atoms in total. The Labute approximate surface area is 129 Å². The molecule has 21 heavy (non-hydrogen) atoms. The summed E-state index contributed by atoms with van der Waals surface area (Å²) in [7, 11) is 0. The van der Waals surface area contributed by atoms with E-state index in [1.807, 2.05) is 16.8 Å². The largest absolute Gasteiger partial charge is 0.487 e. The van der Waals surface area contributed by atoms with Crippen LogP contribution >= 0.6 is 22.7 Å². The maximum Gasteiger partial charge on any atom is 0.257 e. The third-order valence-electron chi connectivity index (χ3n) is 2.62. The number of nitrogens with zero attached hydrogens (tertiary/aromatic N) is 2. The van der Waals surface area contributed by atoms with E-state index in [-0.39, 0.29) is 5.91 Å². The van der Waals surface area contributed by atoms with Crippen molar-refractivity contribution in [2.45, 2.75) is 6.61 Å². The van der Waals surface area contributed by atoms with Gasteiger partial charge in [-0.15, -0.1) is 22.7 Å². The van der Waals surface area contributed by atoms with Crippen molar-refractivity contribution < 1.29 is 9.53 Å². The van der Waals surface area contributed by atoms with Gasteiger partial charge in [-0.1, -0.05) is 6.07 Å². The molecule has 1 N–H and O–H groups in total. The lowest BCUT2D eigenvalue weighted by Crippen LogP contribution is -2.11. The molecule has 0 bridgehead atoms. The Hall–Kier alpha value is -2.25. The zero-order chi connectivity index (χ0) is 14.5. The molecule has 0 radical (unpaired) electrons. The highest BCUT2D eigenvalue weighted by Gasteiger charge is 2.08. The number of nitrogens with one attached hydrogen (secondary N) is 1. The van der Waals surface area contributed by atoms with Gasteiger partial charge in [0.25, 0.3) is 5.91 Å². The highest BCUT2D eigenvalue weighted by atomic mass is 32.1. The van der Waals surface area contributed by atoms with Gasteiger partial charge in [0.2, 0.25) is 0 Å². The summed E-state index contributed by atoms with van der Waals surface area (Å²) in [5.41, 5.74) is 3.16. The zero-order valence-electron chi connectivity index (χ0n) is 10.9. The lowest BCUT2D eigenvalue weighted by atomic mass is 10.2. The molecule has 0 fully saturated rings. The third-order valence-corrected chi connectivity index (χ3v) is 3.94. The lowest BCUT2D eigenvalue weighted by Gasteiger charge is -2.06. The zero-order valence-corrected chi connectivity index (χ0v) is 12.5. The molecule has 106 valence electrons. The second kappa shape index (κ2) is 6.47. The minimum absolute atomic E-state index is 0.205. The van der Waals surface area contributed by atoms with Crippen molar-refractivity contribution in [2.24, 2.45) is 0 Å². The van der Waals surface area contributed by atoms with E-state index in [0.717, 1.165) is 5.69 Å². The molecule has 0 saturated carbocycles. The molecule has 0 saturated heterocycles. The standard InChI is InChI=1S/C14H11N3O2S2/c18-13(17-14-15-4-5-21-14)10-2-1-3-12(6-10)19-7-11-8-20-9-16-11/h1-6,8-9H,7H2,(H,15,17,18).